The summed E-state index contributed by atoms with van der Waals surface area (Å²) in [4.78, 5) is 9.71. The molecule has 19 heavy (non-hydrogen) atoms. The highest BCUT2D eigenvalue weighted by molar-refractivity contribution is 4.73. The number of rotatable bonds is 5. The number of nitrogens with zero attached hydrogens (tertiary/aromatic N) is 1. The minimum absolute atomic E-state index is 0.297. The van der Waals surface area contributed by atoms with E-state index in [4.69, 9.17) is 9.47 Å². The number of ether oxygens (including phenoxy) is 2. The molecule has 0 heterocycles. The summed E-state index contributed by atoms with van der Waals surface area (Å²) < 4.78 is 10.3. The molecular weight excluding hydrogens is 246 g/mol. The number of nitroso groups, excluding NO2 is 1. The van der Waals surface area contributed by atoms with Gasteiger partial charge in [-0.25, -0.2) is 0 Å². The summed E-state index contributed by atoms with van der Waals surface area (Å²) >= 11 is 0. The first-order valence-electron chi connectivity index (χ1n) is 7.28. The second-order valence-electron chi connectivity index (χ2n) is 5.62. The van der Waals surface area contributed by atoms with E-state index in [0.717, 1.165) is 44.4 Å². The lowest BCUT2D eigenvalue weighted by atomic mass is 10.1. The quantitative estimate of drug-likeness (QED) is 0.475. The zero-order chi connectivity index (χ0) is 14.1. The molecule has 0 aliphatic heterocycles. The Labute approximate surface area is 115 Å². The van der Waals surface area contributed by atoms with Gasteiger partial charge in [0, 0.05) is 20.0 Å². The molecule has 0 amide bonds. The predicted molar refractivity (Wildman–Crippen MR) is 73.8 cm³/mol. The largest absolute Gasteiger partial charge is 0.376 e. The van der Waals surface area contributed by atoms with Crippen LogP contribution in [0.2, 0.25) is 0 Å². The minimum atomic E-state index is -0.764. The molecule has 2 rings (SSSR count). The zero-order valence-corrected chi connectivity index (χ0v) is 12.1. The van der Waals surface area contributed by atoms with Crippen LogP contribution in [-0.2, 0) is 9.47 Å². The molecule has 0 aromatic carbocycles. The van der Waals surface area contributed by atoms with E-state index in [1.807, 2.05) is 0 Å². The molecule has 2 unspecified atom stereocenters. The zero-order valence-electron chi connectivity index (χ0n) is 12.1. The Hall–Kier alpha value is -0.520. The van der Waals surface area contributed by atoms with Gasteiger partial charge in [-0.3, -0.25) is 0 Å². The third-order valence-corrected chi connectivity index (χ3v) is 3.95. The maximum absolute atomic E-state index is 9.71. The summed E-state index contributed by atoms with van der Waals surface area (Å²) in [5.41, 5.74) is 0. The van der Waals surface area contributed by atoms with Crippen LogP contribution in [0.15, 0.2) is 5.18 Å². The van der Waals surface area contributed by atoms with Gasteiger partial charge >= 0.3 is 0 Å². The molecule has 2 saturated carbocycles. The van der Waals surface area contributed by atoms with Crippen LogP contribution in [0.25, 0.3) is 0 Å². The molecule has 2 aliphatic rings. The Morgan fingerprint density at radius 2 is 2.00 bits per heavy atom. The predicted octanol–water partition coefficient (Wildman–Crippen LogP) is 2.85. The fourth-order valence-electron chi connectivity index (χ4n) is 2.69. The summed E-state index contributed by atoms with van der Waals surface area (Å²) in [5, 5.41) is 12.0. The Morgan fingerprint density at radius 3 is 2.42 bits per heavy atom. The Bertz CT molecular complexity index is 254. The van der Waals surface area contributed by atoms with Crippen LogP contribution in [0.1, 0.15) is 51.9 Å². The van der Waals surface area contributed by atoms with E-state index in [2.05, 4.69) is 12.1 Å². The van der Waals surface area contributed by atoms with Crippen molar-refractivity contribution < 1.29 is 14.6 Å². The van der Waals surface area contributed by atoms with Gasteiger partial charge in [0.25, 0.3) is 0 Å². The summed E-state index contributed by atoms with van der Waals surface area (Å²) in [6.45, 7) is 3.03. The highest BCUT2D eigenvalue weighted by atomic mass is 16.6. The van der Waals surface area contributed by atoms with Gasteiger partial charge in [-0.1, -0.05) is 12.1 Å². The van der Waals surface area contributed by atoms with Crippen molar-refractivity contribution in [1.29, 1.82) is 0 Å². The smallest absolute Gasteiger partial charge is 0.165 e. The fourth-order valence-corrected chi connectivity index (χ4v) is 2.69. The molecule has 0 aromatic rings. The maximum Gasteiger partial charge on any atom is 0.165 e. The lowest BCUT2D eigenvalue weighted by Crippen LogP contribution is -2.25. The number of aliphatic hydroxyl groups is 1. The highest BCUT2D eigenvalue weighted by Crippen LogP contribution is 2.29. The number of hydrogen-bond acceptors (Lipinski definition) is 5. The van der Waals surface area contributed by atoms with Gasteiger partial charge < -0.3 is 14.6 Å². The van der Waals surface area contributed by atoms with Crippen molar-refractivity contribution in [2.45, 2.75) is 63.8 Å². The van der Waals surface area contributed by atoms with Crippen molar-refractivity contribution in [2.24, 2.45) is 11.1 Å². The van der Waals surface area contributed by atoms with E-state index >= 15 is 0 Å². The minimum Gasteiger partial charge on any atom is -0.376 e. The highest BCUT2D eigenvalue weighted by Gasteiger charge is 2.30. The molecule has 0 saturated heterocycles. The second-order valence-corrected chi connectivity index (χ2v) is 5.62. The van der Waals surface area contributed by atoms with E-state index in [9.17, 15) is 10.0 Å². The first-order chi connectivity index (χ1) is 9.09. The van der Waals surface area contributed by atoms with Gasteiger partial charge in [0.1, 0.15) is 6.54 Å². The van der Waals surface area contributed by atoms with Crippen molar-refractivity contribution in [1.82, 2.24) is 0 Å². The number of hydrogen-bond donors (Lipinski definition) is 1. The molecule has 2 aliphatic carbocycles. The van der Waals surface area contributed by atoms with Crippen LogP contribution in [0.3, 0.4) is 0 Å². The van der Waals surface area contributed by atoms with E-state index < -0.39 is 5.79 Å². The van der Waals surface area contributed by atoms with Crippen molar-refractivity contribution in [3.8, 4) is 0 Å². The molecule has 0 spiro atoms. The average Bonchev–Trinajstić information content (AvgIpc) is 3.01. The van der Waals surface area contributed by atoms with Crippen LogP contribution in [0.5, 0.6) is 0 Å². The standard InChI is InChI=1S/C8H15NO2.C6H12O2/c1-7-2-3-8(6-7)11-5-4-9-10;1-8-6(7)4-2-3-5-6/h7-8H,2-6H2,1H3;7H,2-5H2,1H3. The van der Waals surface area contributed by atoms with Crippen molar-refractivity contribution in [2.75, 3.05) is 20.3 Å². The Morgan fingerprint density at radius 1 is 1.32 bits per heavy atom. The topological polar surface area (TPSA) is 68.1 Å². The van der Waals surface area contributed by atoms with E-state index in [-0.39, 0.29) is 0 Å². The van der Waals surface area contributed by atoms with Gasteiger partial charge in [0.05, 0.1) is 12.7 Å². The molecule has 5 nitrogen and oxygen atoms in total. The number of methoxy groups -OCH3 is 1. The SMILES string of the molecule is CC1CCC(OCCN=O)C1.COC1(O)CCCC1. The third kappa shape index (κ3) is 6.45. The van der Waals surface area contributed by atoms with Crippen LogP contribution >= 0.6 is 0 Å². The van der Waals surface area contributed by atoms with Gasteiger partial charge in [0.15, 0.2) is 5.79 Å². The van der Waals surface area contributed by atoms with Gasteiger partial charge in [-0.15, -0.1) is 0 Å². The average molecular weight is 273 g/mol. The van der Waals surface area contributed by atoms with Crippen molar-refractivity contribution >= 4 is 0 Å². The summed E-state index contributed by atoms with van der Waals surface area (Å²) in [7, 11) is 1.56. The summed E-state index contributed by atoms with van der Waals surface area (Å²) in [6, 6.07) is 0. The van der Waals surface area contributed by atoms with Crippen LogP contribution < -0.4 is 0 Å². The Balaban J connectivity index is 0.000000200. The summed E-state index contributed by atoms with van der Waals surface area (Å²) in [5.74, 6) is 0.0317. The first-order valence-corrected chi connectivity index (χ1v) is 7.28. The molecule has 0 radical (unpaired) electrons. The second kappa shape index (κ2) is 8.61. The molecule has 2 atom stereocenters. The van der Waals surface area contributed by atoms with Crippen LogP contribution in [-0.4, -0.2) is 37.3 Å². The molecule has 112 valence electrons. The molecule has 5 heteroatoms. The third-order valence-electron chi connectivity index (χ3n) is 3.95. The Kier molecular flexibility index (Phi) is 7.49. The van der Waals surface area contributed by atoms with Crippen LogP contribution in [0, 0.1) is 10.8 Å². The van der Waals surface area contributed by atoms with Crippen molar-refractivity contribution in [3.63, 3.8) is 0 Å². The van der Waals surface area contributed by atoms with E-state index in [1.54, 1.807) is 7.11 Å². The monoisotopic (exact) mass is 273 g/mol. The summed E-state index contributed by atoms with van der Waals surface area (Å²) in [6.07, 6.45) is 7.78. The van der Waals surface area contributed by atoms with Crippen molar-refractivity contribution in [3.05, 3.63) is 4.91 Å². The lowest BCUT2D eigenvalue weighted by molar-refractivity contribution is -0.178. The van der Waals surface area contributed by atoms with Gasteiger partial charge in [-0.2, -0.15) is 4.91 Å². The van der Waals surface area contributed by atoms with E-state index in [0.29, 0.717) is 19.3 Å². The normalized spacial score (nSPS) is 28.8. The molecule has 0 bridgehead atoms. The lowest BCUT2D eigenvalue weighted by Gasteiger charge is -2.18. The molecular formula is C14H27NO4. The van der Waals surface area contributed by atoms with Gasteiger partial charge in [0.2, 0.25) is 0 Å². The molecule has 0 aromatic heterocycles. The molecule has 1 N–H and O–H groups in total. The van der Waals surface area contributed by atoms with E-state index in [1.165, 1.54) is 6.42 Å². The van der Waals surface area contributed by atoms with Gasteiger partial charge in [-0.05, 0) is 38.0 Å². The first kappa shape index (κ1) is 16.5. The fraction of sp³-hybridized carbons (Fsp3) is 1.00. The molecule has 2 fully saturated rings. The maximum atomic E-state index is 9.71. The van der Waals surface area contributed by atoms with Crippen LogP contribution in [0.4, 0.5) is 0 Å².